The second-order valence-corrected chi connectivity index (χ2v) is 13.5. The third-order valence-electron chi connectivity index (χ3n) is 9.19. The molecular weight excluding hydrogens is 630 g/mol. The topological polar surface area (TPSA) is 150 Å². The molecule has 1 N–H and O–H groups in total. The van der Waals surface area contributed by atoms with Gasteiger partial charge in [0, 0.05) is 18.6 Å². The minimum atomic E-state index is -1.24. The highest BCUT2D eigenvalue weighted by atomic mass is 16.7. The van der Waals surface area contributed by atoms with Crippen LogP contribution in [0.3, 0.4) is 0 Å². The fourth-order valence-corrected chi connectivity index (χ4v) is 5.98. The van der Waals surface area contributed by atoms with Gasteiger partial charge >= 0.3 is 23.9 Å². The van der Waals surface area contributed by atoms with Crippen LogP contribution in [0.2, 0.25) is 0 Å². The van der Waals surface area contributed by atoms with Crippen LogP contribution in [0.5, 0.6) is 0 Å². The number of fused-ring (bicyclic) bond motifs is 2. The van der Waals surface area contributed by atoms with E-state index in [1.165, 1.54) is 13.3 Å². The number of methoxy groups -OCH3 is 1. The minimum Gasteiger partial charge on any atom is -0.469 e. The standard InChI is InChI=1S/C38H47NO10/c1-6-38(4,36(44)45-5)21-28(34(42)48-24-29-23-47-29)19-27(33(41)46-17-11-16-40)20-37(2,3)35(43)49-39-22-32-30-14-9-7-12-25(30)18-26-13-8-10-15-31(26)32/h7-10,12-15,18,22,27-29,40H,6,11,16-17,19-21,23-24H2,1-5H3/b39-22+. The van der Waals surface area contributed by atoms with Crippen LogP contribution in [0.25, 0.3) is 21.5 Å². The lowest BCUT2D eigenvalue weighted by Gasteiger charge is -2.32. The smallest absolute Gasteiger partial charge is 0.340 e. The Balaban J connectivity index is 1.56. The summed E-state index contributed by atoms with van der Waals surface area (Å²) in [5.41, 5.74) is -1.48. The SMILES string of the molecule is CCC(C)(CC(CC(CC(C)(C)C(=O)O/N=C/c1c2ccccc2cc2ccccc12)C(=O)OCCCO)C(=O)OCC1CO1)C(=O)OC. The summed E-state index contributed by atoms with van der Waals surface area (Å²) in [7, 11) is 1.29. The first kappa shape index (κ1) is 37.5. The lowest BCUT2D eigenvalue weighted by Crippen LogP contribution is -2.37. The third kappa shape index (κ3) is 9.86. The van der Waals surface area contributed by atoms with E-state index in [0.29, 0.717) is 13.0 Å². The number of aliphatic hydroxyl groups excluding tert-OH is 1. The molecule has 3 aromatic rings. The first-order valence-electron chi connectivity index (χ1n) is 16.7. The molecule has 0 bridgehead atoms. The molecule has 11 heteroatoms. The van der Waals surface area contributed by atoms with E-state index in [1.54, 1.807) is 20.8 Å². The molecule has 49 heavy (non-hydrogen) atoms. The van der Waals surface area contributed by atoms with Gasteiger partial charge in [-0.2, -0.15) is 0 Å². The van der Waals surface area contributed by atoms with Gasteiger partial charge in [-0.25, -0.2) is 4.79 Å². The number of esters is 3. The highest BCUT2D eigenvalue weighted by molar-refractivity contribution is 6.13. The number of carbonyl (C=O) groups excluding carboxylic acids is 4. The van der Waals surface area contributed by atoms with Crippen molar-refractivity contribution in [3.05, 3.63) is 60.2 Å². The van der Waals surface area contributed by atoms with Crippen LogP contribution in [0.4, 0.5) is 0 Å². The highest BCUT2D eigenvalue weighted by Gasteiger charge is 2.43. The van der Waals surface area contributed by atoms with Crippen molar-refractivity contribution >= 4 is 51.6 Å². The van der Waals surface area contributed by atoms with E-state index in [1.807, 2.05) is 55.5 Å². The maximum atomic E-state index is 13.5. The second-order valence-electron chi connectivity index (χ2n) is 13.5. The molecular formula is C38H47NO10. The molecule has 0 amide bonds. The van der Waals surface area contributed by atoms with Crippen LogP contribution in [-0.2, 0) is 43.0 Å². The molecule has 11 nitrogen and oxygen atoms in total. The highest BCUT2D eigenvalue weighted by Crippen LogP contribution is 2.38. The van der Waals surface area contributed by atoms with Gasteiger partial charge in [-0.15, -0.1) is 0 Å². The molecule has 4 atom stereocenters. The van der Waals surface area contributed by atoms with Crippen LogP contribution in [0.15, 0.2) is 59.8 Å². The number of hydrogen-bond donors (Lipinski definition) is 1. The number of epoxide rings is 1. The van der Waals surface area contributed by atoms with Crippen LogP contribution < -0.4 is 0 Å². The van der Waals surface area contributed by atoms with Gasteiger partial charge in [0.1, 0.15) is 12.7 Å². The molecule has 1 saturated heterocycles. The Morgan fingerprint density at radius 1 is 0.939 bits per heavy atom. The van der Waals surface area contributed by atoms with E-state index in [2.05, 4.69) is 11.2 Å². The number of hydrogen-bond acceptors (Lipinski definition) is 11. The molecule has 1 aliphatic rings. The molecule has 0 spiro atoms. The zero-order chi connectivity index (χ0) is 35.6. The van der Waals surface area contributed by atoms with E-state index in [9.17, 15) is 24.3 Å². The van der Waals surface area contributed by atoms with Crippen molar-refractivity contribution in [3.8, 4) is 0 Å². The molecule has 264 valence electrons. The summed E-state index contributed by atoms with van der Waals surface area (Å²) in [6.45, 7) is 7.12. The first-order chi connectivity index (χ1) is 23.4. The van der Waals surface area contributed by atoms with E-state index in [0.717, 1.165) is 27.1 Å². The molecule has 4 rings (SSSR count). The van der Waals surface area contributed by atoms with Gasteiger partial charge in [0.15, 0.2) is 0 Å². The van der Waals surface area contributed by atoms with Gasteiger partial charge in [0.25, 0.3) is 0 Å². The molecule has 1 heterocycles. The summed E-state index contributed by atoms with van der Waals surface area (Å²) in [6.07, 6.45) is 1.89. The van der Waals surface area contributed by atoms with E-state index in [-0.39, 0.29) is 51.6 Å². The zero-order valence-corrected chi connectivity index (χ0v) is 28.9. The summed E-state index contributed by atoms with van der Waals surface area (Å²) >= 11 is 0. The average Bonchev–Trinajstić information content (AvgIpc) is 3.93. The van der Waals surface area contributed by atoms with Crippen molar-refractivity contribution < 1.29 is 48.1 Å². The molecule has 0 aromatic heterocycles. The van der Waals surface area contributed by atoms with Crippen molar-refractivity contribution in [2.24, 2.45) is 27.8 Å². The largest absolute Gasteiger partial charge is 0.469 e. The summed E-state index contributed by atoms with van der Waals surface area (Å²) < 4.78 is 21.2. The van der Waals surface area contributed by atoms with E-state index < -0.39 is 46.5 Å². The Morgan fingerprint density at radius 2 is 1.53 bits per heavy atom. The van der Waals surface area contributed by atoms with Gasteiger partial charge in [0.05, 0.1) is 49.2 Å². The number of ether oxygens (including phenoxy) is 4. The molecule has 0 radical (unpaired) electrons. The quantitative estimate of drug-likeness (QED) is 0.0257. The fraction of sp³-hybridized carbons (Fsp3) is 0.500. The van der Waals surface area contributed by atoms with Gasteiger partial charge in [-0.05, 0) is 74.1 Å². The van der Waals surface area contributed by atoms with Crippen molar-refractivity contribution in [2.45, 2.75) is 65.9 Å². The number of oxime groups is 1. The van der Waals surface area contributed by atoms with Crippen LogP contribution in [0.1, 0.15) is 65.4 Å². The summed E-state index contributed by atoms with van der Waals surface area (Å²) in [5.74, 6) is -4.25. The van der Waals surface area contributed by atoms with Crippen molar-refractivity contribution in [1.82, 2.24) is 0 Å². The predicted molar refractivity (Wildman–Crippen MR) is 184 cm³/mol. The summed E-state index contributed by atoms with van der Waals surface area (Å²) in [6, 6.07) is 17.8. The zero-order valence-electron chi connectivity index (χ0n) is 28.9. The van der Waals surface area contributed by atoms with Crippen LogP contribution in [-0.4, -0.2) is 74.8 Å². The lowest BCUT2D eigenvalue weighted by molar-refractivity contribution is -0.160. The second kappa shape index (κ2) is 16.8. The number of nitrogens with zero attached hydrogens (tertiary/aromatic N) is 1. The predicted octanol–water partition coefficient (Wildman–Crippen LogP) is 5.76. The molecule has 1 aliphatic heterocycles. The van der Waals surface area contributed by atoms with Crippen molar-refractivity contribution in [2.75, 3.05) is 33.5 Å². The van der Waals surface area contributed by atoms with Crippen LogP contribution >= 0.6 is 0 Å². The number of benzene rings is 3. The molecule has 3 aromatic carbocycles. The number of rotatable bonds is 18. The minimum absolute atomic E-state index is 0.0387. The van der Waals surface area contributed by atoms with E-state index >= 15 is 0 Å². The maximum absolute atomic E-state index is 13.5. The maximum Gasteiger partial charge on any atom is 0.340 e. The normalized spacial score (nSPS) is 16.9. The Bertz CT molecular complexity index is 1610. The molecule has 4 unspecified atom stereocenters. The Morgan fingerprint density at radius 3 is 2.10 bits per heavy atom. The fourth-order valence-electron chi connectivity index (χ4n) is 5.98. The van der Waals surface area contributed by atoms with Gasteiger partial charge < -0.3 is 28.9 Å². The third-order valence-corrected chi connectivity index (χ3v) is 9.19. The number of aliphatic hydroxyl groups is 1. The average molecular weight is 678 g/mol. The number of carbonyl (C=O) groups is 4. The van der Waals surface area contributed by atoms with Gasteiger partial charge in [-0.3, -0.25) is 14.4 Å². The molecule has 0 saturated carbocycles. The molecule has 0 aliphatic carbocycles. The first-order valence-corrected chi connectivity index (χ1v) is 16.7. The van der Waals surface area contributed by atoms with Crippen molar-refractivity contribution in [3.63, 3.8) is 0 Å². The Hall–Kier alpha value is -4.35. The van der Waals surface area contributed by atoms with Crippen molar-refractivity contribution in [1.29, 1.82) is 0 Å². The molecule has 1 fully saturated rings. The lowest BCUT2D eigenvalue weighted by atomic mass is 9.73. The Labute approximate surface area is 286 Å². The van der Waals surface area contributed by atoms with Gasteiger partial charge in [-0.1, -0.05) is 60.6 Å². The summed E-state index contributed by atoms with van der Waals surface area (Å²) in [5, 5.41) is 17.2. The summed E-state index contributed by atoms with van der Waals surface area (Å²) in [4.78, 5) is 58.6. The van der Waals surface area contributed by atoms with E-state index in [4.69, 9.17) is 23.8 Å². The van der Waals surface area contributed by atoms with Gasteiger partial charge in [0.2, 0.25) is 0 Å². The Kier molecular flexibility index (Phi) is 12.9. The van der Waals surface area contributed by atoms with Crippen LogP contribution in [0, 0.1) is 22.7 Å². The monoisotopic (exact) mass is 677 g/mol.